The molecule has 0 saturated carbocycles. The Hall–Kier alpha value is -0.890. The minimum atomic E-state index is -0.0657. The van der Waals surface area contributed by atoms with Crippen LogP contribution in [0.3, 0.4) is 0 Å². The van der Waals surface area contributed by atoms with Gasteiger partial charge in [0.2, 0.25) is 0 Å². The maximum Gasteiger partial charge on any atom is 0.127 e. The summed E-state index contributed by atoms with van der Waals surface area (Å²) < 4.78 is 14.0. The van der Waals surface area contributed by atoms with Crippen molar-refractivity contribution in [3.05, 3.63) is 35.1 Å². The summed E-state index contributed by atoms with van der Waals surface area (Å²) in [6, 6.07) is 5.63. The molecule has 0 aromatic heterocycles. The van der Waals surface area contributed by atoms with Crippen LogP contribution in [-0.4, -0.2) is 18.0 Å². The molecule has 1 aromatic carbocycles. The number of aryl methyl sites for hydroxylation is 1. The summed E-state index contributed by atoms with van der Waals surface area (Å²) in [5.74, 6) is 1.54. The molecular weight excluding hydrogens is 237 g/mol. The Kier molecular flexibility index (Phi) is 4.62. The average Bonchev–Trinajstić information content (AvgIpc) is 2.41. The second kappa shape index (κ2) is 6.04. The number of hydrogen-bond donors (Lipinski definition) is 0. The fraction of sp³-hybridized carbons (Fsp3) is 0.647. The van der Waals surface area contributed by atoms with Gasteiger partial charge in [-0.1, -0.05) is 31.5 Å². The van der Waals surface area contributed by atoms with E-state index in [1.165, 1.54) is 12.8 Å². The fourth-order valence-corrected chi connectivity index (χ4v) is 3.15. The number of piperidine rings is 1. The van der Waals surface area contributed by atoms with E-state index in [2.05, 4.69) is 25.7 Å². The van der Waals surface area contributed by atoms with Gasteiger partial charge >= 0.3 is 0 Å². The van der Waals surface area contributed by atoms with Gasteiger partial charge in [0.05, 0.1) is 0 Å². The normalized spacial score (nSPS) is 19.9. The maximum absolute atomic E-state index is 14.0. The first-order chi connectivity index (χ1) is 8.99. The highest BCUT2D eigenvalue weighted by Crippen LogP contribution is 2.31. The van der Waals surface area contributed by atoms with E-state index in [0.717, 1.165) is 36.1 Å². The maximum atomic E-state index is 14.0. The fourth-order valence-electron chi connectivity index (χ4n) is 3.15. The van der Waals surface area contributed by atoms with Gasteiger partial charge in [-0.3, -0.25) is 4.90 Å². The Morgan fingerprint density at radius 2 is 1.79 bits per heavy atom. The molecule has 0 bridgehead atoms. The van der Waals surface area contributed by atoms with E-state index in [1.807, 2.05) is 19.1 Å². The quantitative estimate of drug-likeness (QED) is 0.772. The molecule has 0 aliphatic carbocycles. The summed E-state index contributed by atoms with van der Waals surface area (Å²) in [5, 5.41) is 0. The number of halogens is 1. The first-order valence-corrected chi connectivity index (χ1v) is 7.49. The molecule has 1 aliphatic heterocycles. The van der Waals surface area contributed by atoms with Gasteiger partial charge in [-0.05, 0) is 57.7 Å². The van der Waals surface area contributed by atoms with Crippen LogP contribution in [0.25, 0.3) is 0 Å². The zero-order valence-electron chi connectivity index (χ0n) is 12.6. The monoisotopic (exact) mass is 263 g/mol. The summed E-state index contributed by atoms with van der Waals surface area (Å²) in [4.78, 5) is 2.43. The minimum absolute atomic E-state index is 0.0657. The zero-order chi connectivity index (χ0) is 14.0. The van der Waals surface area contributed by atoms with Crippen LogP contribution in [0.4, 0.5) is 4.39 Å². The van der Waals surface area contributed by atoms with Crippen molar-refractivity contribution >= 4 is 0 Å². The van der Waals surface area contributed by atoms with Crippen molar-refractivity contribution in [3.8, 4) is 0 Å². The highest BCUT2D eigenvalue weighted by atomic mass is 19.1. The Bertz CT molecular complexity index is 419. The summed E-state index contributed by atoms with van der Waals surface area (Å²) in [6.45, 7) is 11.0. The van der Waals surface area contributed by atoms with Gasteiger partial charge in [-0.25, -0.2) is 4.39 Å². The van der Waals surface area contributed by atoms with Gasteiger partial charge in [-0.15, -0.1) is 0 Å². The van der Waals surface area contributed by atoms with E-state index < -0.39 is 0 Å². The van der Waals surface area contributed by atoms with Crippen LogP contribution >= 0.6 is 0 Å². The largest absolute Gasteiger partial charge is 0.296 e. The lowest BCUT2D eigenvalue weighted by molar-refractivity contribution is 0.120. The molecule has 106 valence electrons. The molecule has 1 fully saturated rings. The molecule has 0 spiro atoms. The number of hydrogen-bond acceptors (Lipinski definition) is 1. The van der Waals surface area contributed by atoms with E-state index in [-0.39, 0.29) is 11.9 Å². The molecule has 1 aromatic rings. The van der Waals surface area contributed by atoms with Crippen molar-refractivity contribution in [2.24, 2.45) is 11.8 Å². The molecule has 1 saturated heterocycles. The molecule has 1 nitrogen and oxygen atoms in total. The zero-order valence-corrected chi connectivity index (χ0v) is 12.6. The van der Waals surface area contributed by atoms with Gasteiger partial charge in [0.25, 0.3) is 0 Å². The van der Waals surface area contributed by atoms with Gasteiger partial charge in [-0.2, -0.15) is 0 Å². The van der Waals surface area contributed by atoms with Crippen molar-refractivity contribution in [2.75, 3.05) is 13.1 Å². The SMILES string of the molecule is Cc1ccc(F)c([C@H](C)N2CCC(C(C)C)CC2)c1. The van der Waals surface area contributed by atoms with E-state index in [1.54, 1.807) is 6.07 Å². The van der Waals surface area contributed by atoms with Crippen LogP contribution in [-0.2, 0) is 0 Å². The molecule has 2 heteroatoms. The van der Waals surface area contributed by atoms with Gasteiger partial charge in [0.15, 0.2) is 0 Å². The Labute approximate surface area is 116 Å². The van der Waals surface area contributed by atoms with Gasteiger partial charge in [0, 0.05) is 11.6 Å². The third kappa shape index (κ3) is 3.36. The summed E-state index contributed by atoms with van der Waals surface area (Å²) in [5.41, 5.74) is 1.99. The molecular formula is C17H26FN. The third-order valence-electron chi connectivity index (χ3n) is 4.67. The van der Waals surface area contributed by atoms with E-state index in [9.17, 15) is 4.39 Å². The number of nitrogens with zero attached hydrogens (tertiary/aromatic N) is 1. The molecule has 0 unspecified atom stereocenters. The molecule has 2 rings (SSSR count). The van der Waals surface area contributed by atoms with E-state index in [4.69, 9.17) is 0 Å². The second-order valence-electron chi connectivity index (χ2n) is 6.32. The molecule has 1 aliphatic rings. The minimum Gasteiger partial charge on any atom is -0.296 e. The topological polar surface area (TPSA) is 3.24 Å². The first kappa shape index (κ1) is 14.5. The van der Waals surface area contributed by atoms with Crippen LogP contribution in [0.1, 0.15) is 50.8 Å². The average molecular weight is 263 g/mol. The standard InChI is InChI=1S/C17H26FN/c1-12(2)15-7-9-19(10-8-15)14(4)16-11-13(3)5-6-17(16)18/h5-6,11-12,14-15H,7-10H2,1-4H3/t14-/m0/s1. The van der Waals surface area contributed by atoms with Crippen LogP contribution < -0.4 is 0 Å². The first-order valence-electron chi connectivity index (χ1n) is 7.49. The van der Waals surface area contributed by atoms with Gasteiger partial charge in [0.1, 0.15) is 5.82 Å². The van der Waals surface area contributed by atoms with Crippen LogP contribution in [0.2, 0.25) is 0 Å². The predicted octanol–water partition coefficient (Wildman–Crippen LogP) is 4.56. The van der Waals surface area contributed by atoms with Crippen molar-refractivity contribution in [1.82, 2.24) is 4.90 Å². The summed E-state index contributed by atoms with van der Waals surface area (Å²) >= 11 is 0. The van der Waals surface area contributed by atoms with Crippen LogP contribution in [0.15, 0.2) is 18.2 Å². The lowest BCUT2D eigenvalue weighted by Gasteiger charge is -2.37. The smallest absolute Gasteiger partial charge is 0.127 e. The van der Waals surface area contributed by atoms with Crippen molar-refractivity contribution in [1.29, 1.82) is 0 Å². The predicted molar refractivity (Wildman–Crippen MR) is 78.7 cm³/mol. The molecule has 1 atom stereocenters. The number of benzene rings is 1. The Morgan fingerprint density at radius 1 is 1.16 bits per heavy atom. The Morgan fingerprint density at radius 3 is 2.37 bits per heavy atom. The van der Waals surface area contributed by atoms with Crippen molar-refractivity contribution in [3.63, 3.8) is 0 Å². The molecule has 0 N–H and O–H groups in total. The van der Waals surface area contributed by atoms with Crippen molar-refractivity contribution < 1.29 is 4.39 Å². The molecule has 1 heterocycles. The van der Waals surface area contributed by atoms with E-state index in [0.29, 0.717) is 0 Å². The Balaban J connectivity index is 2.05. The molecule has 0 amide bonds. The van der Waals surface area contributed by atoms with Crippen molar-refractivity contribution in [2.45, 2.75) is 46.6 Å². The van der Waals surface area contributed by atoms with Gasteiger partial charge < -0.3 is 0 Å². The summed E-state index contributed by atoms with van der Waals surface area (Å²) in [7, 11) is 0. The third-order valence-corrected chi connectivity index (χ3v) is 4.67. The van der Waals surface area contributed by atoms with Crippen LogP contribution in [0.5, 0.6) is 0 Å². The molecule has 0 radical (unpaired) electrons. The number of likely N-dealkylation sites (tertiary alicyclic amines) is 1. The summed E-state index contributed by atoms with van der Waals surface area (Å²) in [6.07, 6.45) is 2.49. The second-order valence-corrected chi connectivity index (χ2v) is 6.32. The lowest BCUT2D eigenvalue weighted by atomic mass is 9.86. The molecule has 19 heavy (non-hydrogen) atoms. The highest BCUT2D eigenvalue weighted by molar-refractivity contribution is 5.26. The van der Waals surface area contributed by atoms with E-state index >= 15 is 0 Å². The number of rotatable bonds is 3. The highest BCUT2D eigenvalue weighted by Gasteiger charge is 2.26. The van der Waals surface area contributed by atoms with Crippen LogP contribution in [0, 0.1) is 24.6 Å². The lowest BCUT2D eigenvalue weighted by Crippen LogP contribution is -2.37.